The second kappa shape index (κ2) is 7.77. The maximum Gasteiger partial charge on any atom is 0.225 e. The molecule has 30 heavy (non-hydrogen) atoms. The molecule has 1 atom stereocenters. The number of ether oxygens (including phenoxy) is 1. The van der Waals surface area contributed by atoms with Crippen molar-refractivity contribution in [1.82, 2.24) is 14.9 Å². The van der Waals surface area contributed by atoms with Crippen molar-refractivity contribution in [3.05, 3.63) is 45.5 Å². The third kappa shape index (κ3) is 3.36. The van der Waals surface area contributed by atoms with Gasteiger partial charge >= 0.3 is 0 Å². The van der Waals surface area contributed by atoms with Gasteiger partial charge in [-0.25, -0.2) is 9.97 Å². The number of amides is 1. The molecule has 5 rings (SSSR count). The molecule has 1 aromatic carbocycles. The third-order valence-electron chi connectivity index (χ3n) is 5.83. The molecule has 8 heteroatoms. The van der Waals surface area contributed by atoms with Crippen molar-refractivity contribution in [2.75, 3.05) is 32.6 Å². The molecule has 1 amide bonds. The number of thiophene rings is 1. The number of likely N-dealkylation sites (N-methyl/N-ethyl adjacent to an activating group) is 1. The second-order valence-electron chi connectivity index (χ2n) is 7.76. The van der Waals surface area contributed by atoms with Crippen LogP contribution in [0.25, 0.3) is 16.4 Å². The van der Waals surface area contributed by atoms with Crippen molar-refractivity contribution < 1.29 is 9.53 Å². The van der Waals surface area contributed by atoms with E-state index in [4.69, 9.17) is 4.74 Å². The molecular weight excluding hydrogens is 398 g/mol. The number of fused-ring (bicyclic) bond motifs is 4. The summed E-state index contributed by atoms with van der Waals surface area (Å²) in [5.41, 5.74) is 2.27. The summed E-state index contributed by atoms with van der Waals surface area (Å²) in [6, 6.07) is 6.11. The number of hydrogen-bond donors (Lipinski definition) is 1. The van der Waals surface area contributed by atoms with Gasteiger partial charge in [0.15, 0.2) is 0 Å². The van der Waals surface area contributed by atoms with Crippen LogP contribution >= 0.6 is 11.3 Å². The highest BCUT2D eigenvalue weighted by Crippen LogP contribution is 2.40. The minimum absolute atomic E-state index is 0.0176. The van der Waals surface area contributed by atoms with Crippen LogP contribution in [0.5, 0.6) is 0 Å². The molecule has 0 saturated carbocycles. The summed E-state index contributed by atoms with van der Waals surface area (Å²) >= 11 is 1.68. The predicted molar refractivity (Wildman–Crippen MR) is 117 cm³/mol. The Morgan fingerprint density at radius 2 is 2.27 bits per heavy atom. The lowest BCUT2D eigenvalue weighted by Gasteiger charge is -2.26. The zero-order chi connectivity index (χ0) is 20.7. The Morgan fingerprint density at radius 1 is 1.37 bits per heavy atom. The number of rotatable bonds is 6. The van der Waals surface area contributed by atoms with Crippen LogP contribution in [0.1, 0.15) is 16.9 Å². The molecular formula is C22H23N5O2S. The van der Waals surface area contributed by atoms with Gasteiger partial charge in [0, 0.05) is 48.6 Å². The molecule has 3 aromatic rings. The van der Waals surface area contributed by atoms with E-state index in [2.05, 4.69) is 26.3 Å². The Bertz CT molecular complexity index is 1250. The number of aryl methyl sites for hydroxylation is 1. The number of benzene rings is 1. The van der Waals surface area contributed by atoms with Crippen LogP contribution in [0.15, 0.2) is 29.5 Å². The molecule has 1 unspecified atom stereocenters. The molecule has 1 aliphatic heterocycles. The van der Waals surface area contributed by atoms with E-state index in [1.165, 1.54) is 10.4 Å². The molecule has 0 bridgehead atoms. The summed E-state index contributed by atoms with van der Waals surface area (Å²) < 4.78 is 5.10. The lowest BCUT2D eigenvalue weighted by atomic mass is 9.87. The van der Waals surface area contributed by atoms with Crippen LogP contribution in [0, 0.1) is 5.92 Å². The van der Waals surface area contributed by atoms with Crippen LogP contribution in [0.2, 0.25) is 0 Å². The van der Waals surface area contributed by atoms with E-state index in [-0.39, 0.29) is 11.8 Å². The van der Waals surface area contributed by atoms with Gasteiger partial charge in [-0.05, 0) is 43.0 Å². The Kier molecular flexibility index (Phi) is 4.96. The number of anilines is 2. The summed E-state index contributed by atoms with van der Waals surface area (Å²) in [6.45, 7) is 1.18. The van der Waals surface area contributed by atoms with Crippen LogP contribution < -0.4 is 15.9 Å². The van der Waals surface area contributed by atoms with E-state index >= 15 is 0 Å². The van der Waals surface area contributed by atoms with E-state index in [9.17, 15) is 4.79 Å². The van der Waals surface area contributed by atoms with Crippen molar-refractivity contribution in [3.8, 4) is 0 Å². The van der Waals surface area contributed by atoms with E-state index in [0.29, 0.717) is 13.2 Å². The fourth-order valence-corrected chi connectivity index (χ4v) is 5.40. The van der Waals surface area contributed by atoms with Crippen molar-refractivity contribution in [2.45, 2.75) is 19.3 Å². The molecule has 154 valence electrons. The fraction of sp³-hybridized carbons (Fsp3) is 0.364. The molecule has 0 saturated heterocycles. The second-order valence-corrected chi connectivity index (χ2v) is 8.84. The molecule has 3 heterocycles. The Hall–Kier alpha value is -2.84. The largest absolute Gasteiger partial charge is 0.383 e. The average molecular weight is 422 g/mol. The lowest BCUT2D eigenvalue weighted by Crippen LogP contribution is -2.37. The highest BCUT2D eigenvalue weighted by atomic mass is 32.1. The lowest BCUT2D eigenvalue weighted by molar-refractivity contribution is -0.135. The first-order chi connectivity index (χ1) is 14.6. The van der Waals surface area contributed by atoms with Crippen LogP contribution in [0.3, 0.4) is 0 Å². The first-order valence-electron chi connectivity index (χ1n) is 10.1. The quantitative estimate of drug-likeness (QED) is 0.659. The summed E-state index contributed by atoms with van der Waals surface area (Å²) in [5, 5.41) is 6.71. The topological polar surface area (TPSA) is 79.7 Å². The van der Waals surface area contributed by atoms with Crippen molar-refractivity contribution in [3.63, 3.8) is 0 Å². The Labute approximate surface area is 178 Å². The Morgan fingerprint density at radius 3 is 3.03 bits per heavy atom. The van der Waals surface area contributed by atoms with Crippen LogP contribution in [-0.2, 0) is 22.4 Å². The van der Waals surface area contributed by atoms with E-state index in [0.717, 1.165) is 51.6 Å². The first kappa shape index (κ1) is 19.1. The predicted octanol–water partition coefficient (Wildman–Crippen LogP) is 2.02. The van der Waals surface area contributed by atoms with Gasteiger partial charge in [-0.1, -0.05) is 0 Å². The number of nitrogens with one attached hydrogen (secondary N) is 1. The van der Waals surface area contributed by atoms with E-state index in [1.54, 1.807) is 29.7 Å². The van der Waals surface area contributed by atoms with Gasteiger partial charge in [-0.2, -0.15) is 0 Å². The normalized spacial score (nSPS) is 16.7. The minimum Gasteiger partial charge on any atom is -0.383 e. The maximum absolute atomic E-state index is 12.8. The Balaban J connectivity index is 1.42. The number of hydrogen-bond acceptors (Lipinski definition) is 7. The highest BCUT2D eigenvalue weighted by Gasteiger charge is 2.30. The van der Waals surface area contributed by atoms with Crippen molar-refractivity contribution in [2.24, 2.45) is 10.9 Å². The van der Waals surface area contributed by atoms with Crippen molar-refractivity contribution in [1.29, 1.82) is 0 Å². The summed E-state index contributed by atoms with van der Waals surface area (Å²) in [4.78, 5) is 30.1. The monoisotopic (exact) mass is 421 g/mol. The SMILES string of the molecule is COCCN(C)C(=O)C1CCc2c(sc3ncnc(Nc4ccc5c(c4)=CN=5)c23)C1. The number of nitrogens with zero attached hydrogens (tertiary/aromatic N) is 4. The van der Waals surface area contributed by atoms with E-state index in [1.807, 2.05) is 25.4 Å². The number of carbonyl (C=O) groups excluding carboxylic acids is 1. The molecule has 2 aromatic heterocycles. The molecule has 1 N–H and O–H groups in total. The van der Waals surface area contributed by atoms with Gasteiger partial charge < -0.3 is 15.0 Å². The first-order valence-corrected chi connectivity index (χ1v) is 10.9. The van der Waals surface area contributed by atoms with Crippen LogP contribution in [0.4, 0.5) is 11.5 Å². The van der Waals surface area contributed by atoms with Crippen LogP contribution in [-0.4, -0.2) is 48.1 Å². The smallest absolute Gasteiger partial charge is 0.225 e. The van der Waals surface area contributed by atoms with E-state index < -0.39 is 0 Å². The van der Waals surface area contributed by atoms with Gasteiger partial charge in [-0.15, -0.1) is 11.3 Å². The summed E-state index contributed by atoms with van der Waals surface area (Å²) in [7, 11) is 3.51. The number of carbonyl (C=O) groups is 1. The highest BCUT2D eigenvalue weighted by molar-refractivity contribution is 7.19. The molecule has 0 fully saturated rings. The molecule has 0 spiro atoms. The van der Waals surface area contributed by atoms with Gasteiger partial charge in [0.25, 0.3) is 0 Å². The molecule has 7 nitrogen and oxygen atoms in total. The zero-order valence-corrected chi connectivity index (χ0v) is 17.8. The zero-order valence-electron chi connectivity index (χ0n) is 17.0. The molecule has 2 aliphatic rings. The molecule has 1 aliphatic carbocycles. The molecule has 0 radical (unpaired) electrons. The van der Waals surface area contributed by atoms with Gasteiger partial charge in [0.2, 0.25) is 5.91 Å². The maximum atomic E-state index is 12.8. The van der Waals surface area contributed by atoms with Crippen molar-refractivity contribution >= 4 is 45.2 Å². The fourth-order valence-electron chi connectivity index (χ4n) is 4.13. The minimum atomic E-state index is 0.0176. The number of aromatic nitrogens is 2. The average Bonchev–Trinajstić information content (AvgIpc) is 3.12. The van der Waals surface area contributed by atoms with Gasteiger partial charge in [0.05, 0.1) is 17.4 Å². The summed E-state index contributed by atoms with van der Waals surface area (Å²) in [5.74, 6) is 1.04. The van der Waals surface area contributed by atoms with Gasteiger partial charge in [0.1, 0.15) is 17.0 Å². The van der Waals surface area contributed by atoms with Gasteiger partial charge in [-0.3, -0.25) is 9.79 Å². The summed E-state index contributed by atoms with van der Waals surface area (Å²) in [6.07, 6.45) is 5.95. The third-order valence-corrected chi connectivity index (χ3v) is 7.00. The standard InChI is InChI=1S/C22H23N5O2S/c1-27(7-8-29-2)22(28)13-3-5-16-18(10-13)30-21-19(16)20(24-12-25-21)26-15-4-6-17-14(9-15)11-23-17/h4,6,9,11-13H,3,5,7-8,10H2,1-2H3,(H,24,25,26). The number of methoxy groups -OCH3 is 1.